The Hall–Kier alpha value is -0.270. The molecule has 1 aliphatic heterocycles. The minimum absolute atomic E-state index is 0.00889. The van der Waals surface area contributed by atoms with E-state index in [1.807, 2.05) is 0 Å². The van der Waals surface area contributed by atoms with Crippen molar-refractivity contribution < 1.29 is 24.8 Å². The van der Waals surface area contributed by atoms with Crippen LogP contribution >= 0.6 is 12.2 Å². The maximum Gasteiger partial charge on any atom is 0.159 e. The van der Waals surface area contributed by atoms with E-state index in [0.29, 0.717) is 5.05 Å². The van der Waals surface area contributed by atoms with E-state index in [2.05, 4.69) is 6.92 Å². The summed E-state index contributed by atoms with van der Waals surface area (Å²) in [5, 5.41) is 29.5. The van der Waals surface area contributed by atoms with Gasteiger partial charge in [0.2, 0.25) is 0 Å². The van der Waals surface area contributed by atoms with Crippen LogP contribution in [0, 0.1) is 0 Å². The van der Waals surface area contributed by atoms with Gasteiger partial charge in [-0.05, 0) is 18.6 Å². The standard InChI is InChI=1S/C19H36O5S/c1-2-3-4-5-6-7-8-9-10-11-12-17(25)23-14-16(21)19-18(22)15(20)13-24-19/h15-16,18-22H,2-14H2,1H3/t15-,16+,18+,19+/m0/s1. The van der Waals surface area contributed by atoms with Crippen LogP contribution in [0.15, 0.2) is 0 Å². The van der Waals surface area contributed by atoms with Crippen molar-refractivity contribution in [3.63, 3.8) is 0 Å². The lowest BCUT2D eigenvalue weighted by Crippen LogP contribution is -2.41. The summed E-state index contributed by atoms with van der Waals surface area (Å²) in [4.78, 5) is 0. The summed E-state index contributed by atoms with van der Waals surface area (Å²) >= 11 is 5.17. The molecular weight excluding hydrogens is 340 g/mol. The lowest BCUT2D eigenvalue weighted by atomic mass is 10.1. The van der Waals surface area contributed by atoms with Gasteiger partial charge in [-0.1, -0.05) is 64.7 Å². The average Bonchev–Trinajstić information content (AvgIpc) is 2.93. The Labute approximate surface area is 157 Å². The summed E-state index contributed by atoms with van der Waals surface area (Å²) in [6.45, 7) is 2.27. The quantitative estimate of drug-likeness (QED) is 0.319. The number of thiocarbonyl (C=S) groups is 1. The van der Waals surface area contributed by atoms with Gasteiger partial charge in [0.25, 0.3) is 0 Å². The second-order valence-electron chi connectivity index (χ2n) is 7.04. The minimum atomic E-state index is -1.07. The number of hydrogen-bond acceptors (Lipinski definition) is 6. The van der Waals surface area contributed by atoms with E-state index >= 15 is 0 Å². The third-order valence-electron chi connectivity index (χ3n) is 4.72. The molecule has 1 rings (SSSR count). The first kappa shape index (κ1) is 22.8. The first-order valence-electron chi connectivity index (χ1n) is 9.87. The van der Waals surface area contributed by atoms with Crippen LogP contribution in [-0.4, -0.2) is 58.0 Å². The molecule has 0 spiro atoms. The molecular formula is C19H36O5S. The molecule has 0 aromatic heterocycles. The van der Waals surface area contributed by atoms with E-state index in [1.165, 1.54) is 51.4 Å². The first-order chi connectivity index (χ1) is 12.1. The Morgan fingerprint density at radius 2 is 1.60 bits per heavy atom. The van der Waals surface area contributed by atoms with Crippen molar-refractivity contribution in [2.45, 2.75) is 102 Å². The second-order valence-corrected chi connectivity index (χ2v) is 7.49. The molecule has 6 heteroatoms. The van der Waals surface area contributed by atoms with Crippen LogP contribution in [0.25, 0.3) is 0 Å². The number of hydrogen-bond donors (Lipinski definition) is 3. The van der Waals surface area contributed by atoms with Gasteiger partial charge in [0.05, 0.1) is 6.61 Å². The van der Waals surface area contributed by atoms with Crippen molar-refractivity contribution in [2.24, 2.45) is 0 Å². The molecule has 0 saturated carbocycles. The van der Waals surface area contributed by atoms with Gasteiger partial charge in [0, 0.05) is 6.42 Å². The van der Waals surface area contributed by atoms with Gasteiger partial charge < -0.3 is 24.8 Å². The maximum absolute atomic E-state index is 9.95. The van der Waals surface area contributed by atoms with Crippen LogP contribution < -0.4 is 0 Å². The predicted octanol–water partition coefficient (Wildman–Crippen LogP) is 3.12. The Kier molecular flexibility index (Phi) is 12.6. The number of aliphatic hydroxyl groups is 3. The summed E-state index contributed by atoms with van der Waals surface area (Å²) in [7, 11) is 0. The highest BCUT2D eigenvalue weighted by Crippen LogP contribution is 2.18. The van der Waals surface area contributed by atoms with Gasteiger partial charge in [0.15, 0.2) is 5.05 Å². The van der Waals surface area contributed by atoms with Crippen molar-refractivity contribution in [3.05, 3.63) is 0 Å². The highest BCUT2D eigenvalue weighted by molar-refractivity contribution is 7.80. The van der Waals surface area contributed by atoms with Crippen LogP contribution in [0.2, 0.25) is 0 Å². The van der Waals surface area contributed by atoms with Gasteiger partial charge in [-0.25, -0.2) is 0 Å². The fourth-order valence-electron chi connectivity index (χ4n) is 3.07. The normalized spacial score (nSPS) is 24.4. The molecule has 0 aromatic carbocycles. The van der Waals surface area contributed by atoms with Crippen LogP contribution in [0.4, 0.5) is 0 Å². The fraction of sp³-hybridized carbons (Fsp3) is 0.947. The lowest BCUT2D eigenvalue weighted by Gasteiger charge is -2.21. The van der Waals surface area contributed by atoms with Gasteiger partial charge in [-0.3, -0.25) is 0 Å². The number of rotatable bonds is 14. The molecule has 0 amide bonds. The predicted molar refractivity (Wildman–Crippen MR) is 103 cm³/mol. The average molecular weight is 377 g/mol. The second kappa shape index (κ2) is 13.9. The molecule has 1 fully saturated rings. The summed E-state index contributed by atoms with van der Waals surface area (Å²) in [5.74, 6) is 0. The summed E-state index contributed by atoms with van der Waals surface area (Å²) in [6, 6.07) is 0. The Morgan fingerprint density at radius 1 is 1.04 bits per heavy atom. The molecule has 1 heterocycles. The zero-order valence-electron chi connectivity index (χ0n) is 15.6. The monoisotopic (exact) mass is 376 g/mol. The third-order valence-corrected chi connectivity index (χ3v) is 5.04. The van der Waals surface area contributed by atoms with E-state index in [0.717, 1.165) is 19.3 Å². The molecule has 0 unspecified atom stereocenters. The summed E-state index contributed by atoms with van der Waals surface area (Å²) in [5.41, 5.74) is 0. The Morgan fingerprint density at radius 3 is 2.12 bits per heavy atom. The maximum atomic E-state index is 9.95. The van der Waals surface area contributed by atoms with Crippen LogP contribution in [0.5, 0.6) is 0 Å². The lowest BCUT2D eigenvalue weighted by molar-refractivity contribution is -0.0663. The molecule has 0 bridgehead atoms. The van der Waals surface area contributed by atoms with Gasteiger partial charge in [-0.15, -0.1) is 0 Å². The SMILES string of the molecule is CCCCCCCCCCCCC(=S)OC[C@@H](O)[C@H]1OC[C@H](O)[C@H]1O. The van der Waals surface area contributed by atoms with E-state index in [-0.39, 0.29) is 13.2 Å². The van der Waals surface area contributed by atoms with Crippen molar-refractivity contribution in [2.75, 3.05) is 13.2 Å². The van der Waals surface area contributed by atoms with Gasteiger partial charge in [-0.2, -0.15) is 0 Å². The zero-order valence-corrected chi connectivity index (χ0v) is 16.4. The number of unbranched alkanes of at least 4 members (excludes halogenated alkanes) is 9. The fourth-order valence-corrected chi connectivity index (χ4v) is 3.28. The summed E-state index contributed by atoms with van der Waals surface area (Å²) in [6.07, 6.45) is 9.65. The van der Waals surface area contributed by atoms with Crippen molar-refractivity contribution in [1.82, 2.24) is 0 Å². The third kappa shape index (κ3) is 9.85. The molecule has 0 radical (unpaired) electrons. The van der Waals surface area contributed by atoms with Gasteiger partial charge in [0.1, 0.15) is 31.0 Å². The van der Waals surface area contributed by atoms with E-state index < -0.39 is 24.4 Å². The van der Waals surface area contributed by atoms with E-state index in [9.17, 15) is 15.3 Å². The first-order valence-corrected chi connectivity index (χ1v) is 10.3. The van der Waals surface area contributed by atoms with Gasteiger partial charge >= 0.3 is 0 Å². The smallest absolute Gasteiger partial charge is 0.159 e. The highest BCUT2D eigenvalue weighted by Gasteiger charge is 2.39. The number of aliphatic hydroxyl groups excluding tert-OH is 3. The molecule has 1 aliphatic rings. The van der Waals surface area contributed by atoms with Crippen molar-refractivity contribution in [1.29, 1.82) is 0 Å². The van der Waals surface area contributed by atoms with Crippen LogP contribution in [0.1, 0.15) is 77.6 Å². The van der Waals surface area contributed by atoms with Crippen LogP contribution in [-0.2, 0) is 9.47 Å². The molecule has 4 atom stereocenters. The largest absolute Gasteiger partial charge is 0.484 e. The molecule has 5 nitrogen and oxygen atoms in total. The molecule has 3 N–H and O–H groups in total. The molecule has 1 saturated heterocycles. The molecule has 148 valence electrons. The van der Waals surface area contributed by atoms with E-state index in [4.69, 9.17) is 21.7 Å². The minimum Gasteiger partial charge on any atom is -0.484 e. The van der Waals surface area contributed by atoms with Crippen molar-refractivity contribution in [3.8, 4) is 0 Å². The topological polar surface area (TPSA) is 79.2 Å². The molecule has 25 heavy (non-hydrogen) atoms. The highest BCUT2D eigenvalue weighted by atomic mass is 32.1. The van der Waals surface area contributed by atoms with E-state index in [1.54, 1.807) is 0 Å². The van der Waals surface area contributed by atoms with Crippen molar-refractivity contribution >= 4 is 17.3 Å². The summed E-state index contributed by atoms with van der Waals surface area (Å²) < 4.78 is 10.6. The zero-order chi connectivity index (χ0) is 18.5. The molecule has 0 aliphatic carbocycles. The Bertz CT molecular complexity index is 353. The van der Waals surface area contributed by atoms with Crippen LogP contribution in [0.3, 0.4) is 0 Å². The Balaban J connectivity index is 1.93. The molecule has 0 aromatic rings. The number of ether oxygens (including phenoxy) is 2.